The summed E-state index contributed by atoms with van der Waals surface area (Å²) in [5.41, 5.74) is 1.19. The average molecular weight is 259 g/mol. The largest absolute Gasteiger partial charge is 0.458 e. The van der Waals surface area contributed by atoms with Crippen LogP contribution in [0.4, 0.5) is 0 Å². The molecule has 102 valence electrons. The van der Waals surface area contributed by atoms with Crippen LogP contribution in [-0.2, 0) is 5.60 Å². The first-order valence-electron chi connectivity index (χ1n) is 7.08. The van der Waals surface area contributed by atoms with Crippen molar-refractivity contribution < 1.29 is 9.52 Å². The van der Waals surface area contributed by atoms with Crippen LogP contribution in [0.2, 0.25) is 0 Å². The summed E-state index contributed by atoms with van der Waals surface area (Å²) in [5.74, 6) is 0.937. The monoisotopic (exact) mass is 259 g/mol. The molecule has 2 N–H and O–H groups in total. The predicted molar refractivity (Wildman–Crippen MR) is 76.1 cm³/mol. The molecule has 0 amide bonds. The lowest BCUT2D eigenvalue weighted by Gasteiger charge is -2.38. The molecular formula is C16H21NO2. The van der Waals surface area contributed by atoms with Gasteiger partial charge < -0.3 is 14.8 Å². The highest BCUT2D eigenvalue weighted by molar-refractivity contribution is 5.81. The van der Waals surface area contributed by atoms with Crippen LogP contribution in [-0.4, -0.2) is 18.2 Å². The number of benzene rings is 1. The van der Waals surface area contributed by atoms with Crippen molar-refractivity contribution in [2.45, 2.75) is 32.3 Å². The summed E-state index contributed by atoms with van der Waals surface area (Å²) < 4.78 is 6.00. The summed E-state index contributed by atoms with van der Waals surface area (Å²) in [6.07, 6.45) is 1.66. The van der Waals surface area contributed by atoms with Crippen molar-refractivity contribution in [3.8, 4) is 0 Å². The Morgan fingerprint density at radius 3 is 3.05 bits per heavy atom. The number of furan rings is 1. The van der Waals surface area contributed by atoms with Gasteiger partial charge in [-0.1, -0.05) is 25.1 Å². The minimum atomic E-state index is -0.828. The van der Waals surface area contributed by atoms with Gasteiger partial charge in [-0.3, -0.25) is 0 Å². The van der Waals surface area contributed by atoms with Gasteiger partial charge in [0.25, 0.3) is 0 Å². The smallest absolute Gasteiger partial charge is 0.137 e. The molecule has 0 radical (unpaired) electrons. The van der Waals surface area contributed by atoms with E-state index in [1.54, 1.807) is 0 Å². The Kier molecular flexibility index (Phi) is 3.11. The van der Waals surface area contributed by atoms with Crippen molar-refractivity contribution in [2.24, 2.45) is 5.92 Å². The van der Waals surface area contributed by atoms with Gasteiger partial charge >= 0.3 is 0 Å². The van der Waals surface area contributed by atoms with Crippen LogP contribution < -0.4 is 5.32 Å². The SMILES string of the molecule is CCC1CNCCC1(O)c1cc2cccc(C)c2o1. The Hall–Kier alpha value is -1.32. The average Bonchev–Trinajstić information content (AvgIpc) is 2.85. The topological polar surface area (TPSA) is 45.4 Å². The lowest BCUT2D eigenvalue weighted by molar-refractivity contribution is -0.0634. The maximum absolute atomic E-state index is 11.1. The first-order valence-corrected chi connectivity index (χ1v) is 7.08. The molecule has 1 fully saturated rings. The van der Waals surface area contributed by atoms with E-state index in [0.29, 0.717) is 6.42 Å². The molecule has 0 saturated carbocycles. The molecule has 1 aromatic heterocycles. The molecule has 3 heteroatoms. The van der Waals surface area contributed by atoms with E-state index < -0.39 is 5.60 Å². The fourth-order valence-corrected chi connectivity index (χ4v) is 3.16. The number of para-hydroxylation sites is 1. The summed E-state index contributed by atoms with van der Waals surface area (Å²) >= 11 is 0. The van der Waals surface area contributed by atoms with Crippen molar-refractivity contribution in [1.82, 2.24) is 5.32 Å². The van der Waals surface area contributed by atoms with Crippen LogP contribution in [0.15, 0.2) is 28.7 Å². The van der Waals surface area contributed by atoms with Crippen LogP contribution in [0.3, 0.4) is 0 Å². The number of aryl methyl sites for hydroxylation is 1. The Bertz CT molecular complexity index is 589. The number of rotatable bonds is 2. The fraction of sp³-hybridized carbons (Fsp3) is 0.500. The molecule has 1 saturated heterocycles. The van der Waals surface area contributed by atoms with Crippen LogP contribution in [0.5, 0.6) is 0 Å². The number of nitrogens with one attached hydrogen (secondary N) is 1. The van der Waals surface area contributed by atoms with Gasteiger partial charge in [0.1, 0.15) is 16.9 Å². The van der Waals surface area contributed by atoms with Crippen LogP contribution in [0.1, 0.15) is 31.1 Å². The third-order valence-corrected chi connectivity index (χ3v) is 4.41. The number of hydrogen-bond donors (Lipinski definition) is 2. The molecular weight excluding hydrogens is 238 g/mol. The van der Waals surface area contributed by atoms with Crippen LogP contribution >= 0.6 is 0 Å². The van der Waals surface area contributed by atoms with Crippen molar-refractivity contribution in [1.29, 1.82) is 0 Å². The first kappa shape index (κ1) is 12.7. The number of aliphatic hydroxyl groups is 1. The summed E-state index contributed by atoms with van der Waals surface area (Å²) in [5, 5.41) is 15.5. The van der Waals surface area contributed by atoms with Crippen LogP contribution in [0, 0.1) is 12.8 Å². The molecule has 1 aliphatic rings. The van der Waals surface area contributed by atoms with E-state index in [2.05, 4.69) is 12.2 Å². The number of hydrogen-bond acceptors (Lipinski definition) is 3. The molecule has 2 atom stereocenters. The van der Waals surface area contributed by atoms with Crippen LogP contribution in [0.25, 0.3) is 11.0 Å². The Labute approximate surface area is 113 Å². The van der Waals surface area contributed by atoms with E-state index in [0.717, 1.165) is 41.8 Å². The second-order valence-electron chi connectivity index (χ2n) is 5.59. The van der Waals surface area contributed by atoms with Gasteiger partial charge in [-0.05, 0) is 37.9 Å². The molecule has 19 heavy (non-hydrogen) atoms. The molecule has 0 aliphatic carbocycles. The molecule has 2 aromatic rings. The Morgan fingerprint density at radius 2 is 2.32 bits per heavy atom. The van der Waals surface area contributed by atoms with E-state index in [1.807, 2.05) is 31.2 Å². The molecule has 3 rings (SSSR count). The Balaban J connectivity index is 2.09. The maximum atomic E-state index is 11.1. The van der Waals surface area contributed by atoms with E-state index in [1.165, 1.54) is 0 Å². The highest BCUT2D eigenvalue weighted by atomic mass is 16.4. The molecule has 2 heterocycles. The zero-order valence-electron chi connectivity index (χ0n) is 11.6. The van der Waals surface area contributed by atoms with Crippen molar-refractivity contribution >= 4 is 11.0 Å². The molecule has 1 aromatic carbocycles. The summed E-state index contributed by atoms with van der Waals surface area (Å²) in [6.45, 7) is 5.85. The summed E-state index contributed by atoms with van der Waals surface area (Å²) in [4.78, 5) is 0. The lowest BCUT2D eigenvalue weighted by Crippen LogP contribution is -2.47. The van der Waals surface area contributed by atoms with Crippen molar-refractivity contribution in [3.05, 3.63) is 35.6 Å². The first-order chi connectivity index (χ1) is 9.15. The molecule has 0 spiro atoms. The van der Waals surface area contributed by atoms with E-state index in [4.69, 9.17) is 4.42 Å². The second kappa shape index (κ2) is 4.66. The predicted octanol–water partition coefficient (Wildman–Crippen LogP) is 2.95. The fourth-order valence-electron chi connectivity index (χ4n) is 3.16. The minimum Gasteiger partial charge on any atom is -0.458 e. The highest BCUT2D eigenvalue weighted by Crippen LogP contribution is 2.39. The Morgan fingerprint density at radius 1 is 1.47 bits per heavy atom. The molecule has 1 aliphatic heterocycles. The number of fused-ring (bicyclic) bond motifs is 1. The van der Waals surface area contributed by atoms with E-state index >= 15 is 0 Å². The zero-order valence-corrected chi connectivity index (χ0v) is 11.6. The standard InChI is InChI=1S/C16H21NO2/c1-3-13-10-17-8-7-16(13,18)14-9-12-6-4-5-11(2)15(12)19-14/h4-6,9,13,17-18H,3,7-8,10H2,1-2H3. The van der Waals surface area contributed by atoms with Gasteiger partial charge in [0, 0.05) is 17.8 Å². The third kappa shape index (κ3) is 1.97. The van der Waals surface area contributed by atoms with Gasteiger partial charge in [0.15, 0.2) is 0 Å². The van der Waals surface area contributed by atoms with Gasteiger partial charge in [-0.15, -0.1) is 0 Å². The van der Waals surface area contributed by atoms with E-state index in [9.17, 15) is 5.11 Å². The van der Waals surface area contributed by atoms with Crippen molar-refractivity contribution in [2.75, 3.05) is 13.1 Å². The van der Waals surface area contributed by atoms with Gasteiger partial charge in [-0.2, -0.15) is 0 Å². The summed E-state index contributed by atoms with van der Waals surface area (Å²) in [7, 11) is 0. The van der Waals surface area contributed by atoms with E-state index in [-0.39, 0.29) is 5.92 Å². The molecule has 2 unspecified atom stereocenters. The molecule has 3 nitrogen and oxygen atoms in total. The molecule has 0 bridgehead atoms. The highest BCUT2D eigenvalue weighted by Gasteiger charge is 2.42. The van der Waals surface area contributed by atoms with Crippen molar-refractivity contribution in [3.63, 3.8) is 0 Å². The van der Waals surface area contributed by atoms with Gasteiger partial charge in [-0.25, -0.2) is 0 Å². The summed E-state index contributed by atoms with van der Waals surface area (Å²) in [6, 6.07) is 8.12. The number of piperidine rings is 1. The minimum absolute atomic E-state index is 0.210. The lowest BCUT2D eigenvalue weighted by atomic mass is 9.78. The second-order valence-corrected chi connectivity index (χ2v) is 5.59. The maximum Gasteiger partial charge on any atom is 0.137 e. The normalized spacial score (nSPS) is 27.8. The third-order valence-electron chi connectivity index (χ3n) is 4.41. The zero-order chi connectivity index (χ0) is 13.5. The van der Waals surface area contributed by atoms with Gasteiger partial charge in [0.2, 0.25) is 0 Å². The van der Waals surface area contributed by atoms with Gasteiger partial charge in [0.05, 0.1) is 0 Å². The quantitative estimate of drug-likeness (QED) is 0.871.